The van der Waals surface area contributed by atoms with E-state index in [-0.39, 0.29) is 11.8 Å². The Morgan fingerprint density at radius 2 is 2.33 bits per heavy atom. The summed E-state index contributed by atoms with van der Waals surface area (Å²) in [5, 5.41) is 9.54. The SMILES string of the molecule is CC1CN(C/C(Cl)=C/Cl)CCC1C(=O)O. The molecule has 0 saturated carbocycles. The first-order valence-corrected chi connectivity index (χ1v) is 5.76. The summed E-state index contributed by atoms with van der Waals surface area (Å²) in [6, 6.07) is 0. The third kappa shape index (κ3) is 3.67. The summed E-state index contributed by atoms with van der Waals surface area (Å²) in [5.41, 5.74) is 1.36. The van der Waals surface area contributed by atoms with Gasteiger partial charge >= 0.3 is 5.97 Å². The molecule has 0 aromatic carbocycles. The molecule has 2 unspecified atom stereocenters. The molecule has 86 valence electrons. The second-order valence-electron chi connectivity index (χ2n) is 4.00. The average molecular weight is 252 g/mol. The molecule has 0 aromatic heterocycles. The standard InChI is InChI=1S/C10H15Cl2NO2/c1-7-5-13(6-8(12)4-11)3-2-9(7)10(14)15/h4,7,9H,2-3,5-6H2,1H3,(H,14,15)/b8-4-. The normalized spacial score (nSPS) is 29.1. The molecule has 0 amide bonds. The van der Waals surface area contributed by atoms with Gasteiger partial charge < -0.3 is 5.11 Å². The minimum atomic E-state index is -0.693. The minimum absolute atomic E-state index is 0.163. The Morgan fingerprint density at radius 3 is 2.80 bits per heavy atom. The zero-order valence-electron chi connectivity index (χ0n) is 8.62. The van der Waals surface area contributed by atoms with Crippen molar-refractivity contribution >= 4 is 29.2 Å². The molecule has 1 aliphatic heterocycles. The summed E-state index contributed by atoms with van der Waals surface area (Å²) in [5.74, 6) is -0.753. The topological polar surface area (TPSA) is 40.5 Å². The van der Waals surface area contributed by atoms with Gasteiger partial charge in [0.1, 0.15) is 0 Å². The molecule has 0 radical (unpaired) electrons. The van der Waals surface area contributed by atoms with Crippen molar-refractivity contribution in [2.75, 3.05) is 19.6 Å². The van der Waals surface area contributed by atoms with Crippen LogP contribution < -0.4 is 0 Å². The largest absolute Gasteiger partial charge is 0.481 e. The number of aliphatic carboxylic acids is 1. The Balaban J connectivity index is 2.47. The van der Waals surface area contributed by atoms with E-state index in [9.17, 15) is 4.79 Å². The van der Waals surface area contributed by atoms with Crippen molar-refractivity contribution in [1.29, 1.82) is 0 Å². The molecule has 0 aromatic rings. The summed E-state index contributed by atoms with van der Waals surface area (Å²) >= 11 is 11.3. The molecule has 5 heteroatoms. The van der Waals surface area contributed by atoms with Crippen LogP contribution in [0.5, 0.6) is 0 Å². The highest BCUT2D eigenvalue weighted by Gasteiger charge is 2.30. The van der Waals surface area contributed by atoms with Crippen LogP contribution in [0, 0.1) is 11.8 Å². The molecule has 1 fully saturated rings. The Labute approximate surface area is 99.7 Å². The second-order valence-corrected chi connectivity index (χ2v) is 4.71. The fourth-order valence-corrected chi connectivity index (χ4v) is 2.23. The number of hydrogen-bond donors (Lipinski definition) is 1. The Bertz CT molecular complexity index is 268. The van der Waals surface area contributed by atoms with Crippen molar-refractivity contribution in [2.24, 2.45) is 11.8 Å². The highest BCUT2D eigenvalue weighted by molar-refractivity contribution is 6.36. The number of piperidine rings is 1. The van der Waals surface area contributed by atoms with Crippen LogP contribution in [-0.2, 0) is 4.79 Å². The van der Waals surface area contributed by atoms with Gasteiger partial charge in [-0.3, -0.25) is 9.69 Å². The van der Waals surface area contributed by atoms with Gasteiger partial charge in [0.05, 0.1) is 5.92 Å². The number of carboxylic acids is 1. The first-order chi connectivity index (χ1) is 7.04. The molecule has 15 heavy (non-hydrogen) atoms. The first kappa shape index (κ1) is 12.8. The van der Waals surface area contributed by atoms with Crippen molar-refractivity contribution in [1.82, 2.24) is 4.90 Å². The number of rotatable bonds is 3. The van der Waals surface area contributed by atoms with Gasteiger partial charge in [-0.25, -0.2) is 0 Å². The maximum absolute atomic E-state index is 10.9. The molecule has 1 heterocycles. The lowest BCUT2D eigenvalue weighted by Gasteiger charge is -2.34. The van der Waals surface area contributed by atoms with E-state index in [1.807, 2.05) is 6.92 Å². The molecular formula is C10H15Cl2NO2. The molecule has 0 aliphatic carbocycles. The highest BCUT2D eigenvalue weighted by Crippen LogP contribution is 2.24. The van der Waals surface area contributed by atoms with E-state index in [1.54, 1.807) is 0 Å². The van der Waals surface area contributed by atoms with Crippen LogP contribution in [0.3, 0.4) is 0 Å². The van der Waals surface area contributed by atoms with Gasteiger partial charge in [0.25, 0.3) is 0 Å². The van der Waals surface area contributed by atoms with E-state index in [2.05, 4.69) is 4.90 Å². The molecular weight excluding hydrogens is 237 g/mol. The highest BCUT2D eigenvalue weighted by atomic mass is 35.5. The first-order valence-electron chi connectivity index (χ1n) is 4.94. The molecule has 0 bridgehead atoms. The third-order valence-electron chi connectivity index (χ3n) is 2.80. The summed E-state index contributed by atoms with van der Waals surface area (Å²) in [7, 11) is 0. The van der Waals surface area contributed by atoms with E-state index >= 15 is 0 Å². The Hall–Kier alpha value is -0.250. The lowest BCUT2D eigenvalue weighted by atomic mass is 9.87. The Kier molecular flexibility index (Phi) is 4.90. The van der Waals surface area contributed by atoms with Crippen LogP contribution in [0.2, 0.25) is 0 Å². The summed E-state index contributed by atoms with van der Waals surface area (Å²) in [4.78, 5) is 13.0. The zero-order valence-corrected chi connectivity index (χ0v) is 10.1. The van der Waals surface area contributed by atoms with Crippen LogP contribution in [0.25, 0.3) is 0 Å². The third-order valence-corrected chi connectivity index (χ3v) is 3.40. The van der Waals surface area contributed by atoms with E-state index in [1.165, 1.54) is 5.54 Å². The van der Waals surface area contributed by atoms with Gasteiger partial charge in [-0.15, -0.1) is 0 Å². The molecule has 0 spiro atoms. The van der Waals surface area contributed by atoms with Crippen molar-refractivity contribution in [3.8, 4) is 0 Å². The second kappa shape index (κ2) is 5.73. The maximum atomic E-state index is 10.9. The van der Waals surface area contributed by atoms with Gasteiger partial charge in [0.15, 0.2) is 0 Å². The lowest BCUT2D eigenvalue weighted by molar-refractivity contribution is -0.145. The van der Waals surface area contributed by atoms with Gasteiger partial charge in [-0.2, -0.15) is 0 Å². The molecule has 3 nitrogen and oxygen atoms in total. The quantitative estimate of drug-likeness (QED) is 0.838. The number of hydrogen-bond acceptors (Lipinski definition) is 2. The van der Waals surface area contributed by atoms with Crippen molar-refractivity contribution in [3.63, 3.8) is 0 Å². The number of halogens is 2. The maximum Gasteiger partial charge on any atom is 0.306 e. The predicted molar refractivity (Wildman–Crippen MR) is 61.1 cm³/mol. The van der Waals surface area contributed by atoms with E-state index in [0.717, 1.165) is 13.1 Å². The van der Waals surface area contributed by atoms with E-state index < -0.39 is 5.97 Å². The molecule has 1 aliphatic rings. The summed E-state index contributed by atoms with van der Waals surface area (Å²) in [6.45, 7) is 4.10. The van der Waals surface area contributed by atoms with Gasteiger partial charge in [-0.1, -0.05) is 30.1 Å². The smallest absolute Gasteiger partial charge is 0.306 e. The summed E-state index contributed by atoms with van der Waals surface area (Å²) in [6.07, 6.45) is 0.683. The van der Waals surface area contributed by atoms with Crippen molar-refractivity contribution < 1.29 is 9.90 Å². The van der Waals surface area contributed by atoms with Crippen LogP contribution in [0.15, 0.2) is 10.6 Å². The number of likely N-dealkylation sites (tertiary alicyclic amines) is 1. The van der Waals surface area contributed by atoms with E-state index in [4.69, 9.17) is 28.3 Å². The summed E-state index contributed by atoms with van der Waals surface area (Å²) < 4.78 is 0. The number of nitrogens with zero attached hydrogens (tertiary/aromatic N) is 1. The number of carboxylic acid groups (broad SMARTS) is 1. The average Bonchev–Trinajstić information content (AvgIpc) is 2.17. The minimum Gasteiger partial charge on any atom is -0.481 e. The monoisotopic (exact) mass is 251 g/mol. The fraction of sp³-hybridized carbons (Fsp3) is 0.700. The van der Waals surface area contributed by atoms with E-state index in [0.29, 0.717) is 18.0 Å². The van der Waals surface area contributed by atoms with Crippen LogP contribution >= 0.6 is 23.2 Å². The molecule has 2 atom stereocenters. The van der Waals surface area contributed by atoms with Gasteiger partial charge in [0.2, 0.25) is 0 Å². The van der Waals surface area contributed by atoms with Crippen LogP contribution in [0.4, 0.5) is 0 Å². The number of carbonyl (C=O) groups is 1. The molecule has 1 rings (SSSR count). The van der Waals surface area contributed by atoms with Crippen molar-refractivity contribution in [3.05, 3.63) is 10.6 Å². The zero-order chi connectivity index (χ0) is 11.4. The van der Waals surface area contributed by atoms with Gasteiger partial charge in [0, 0.05) is 23.7 Å². The van der Waals surface area contributed by atoms with Crippen LogP contribution in [-0.4, -0.2) is 35.6 Å². The van der Waals surface area contributed by atoms with Crippen LogP contribution in [0.1, 0.15) is 13.3 Å². The fourth-order valence-electron chi connectivity index (χ4n) is 1.99. The lowest BCUT2D eigenvalue weighted by Crippen LogP contribution is -2.42. The predicted octanol–water partition coefficient (Wildman–Crippen LogP) is 2.35. The molecule has 1 saturated heterocycles. The van der Waals surface area contributed by atoms with Crippen molar-refractivity contribution in [2.45, 2.75) is 13.3 Å². The Morgan fingerprint density at radius 1 is 1.67 bits per heavy atom. The van der Waals surface area contributed by atoms with Gasteiger partial charge in [-0.05, 0) is 18.9 Å². The molecule has 1 N–H and O–H groups in total.